The van der Waals surface area contributed by atoms with Crippen LogP contribution in [0.3, 0.4) is 0 Å². The van der Waals surface area contributed by atoms with Crippen molar-refractivity contribution in [1.29, 1.82) is 0 Å². The highest BCUT2D eigenvalue weighted by Crippen LogP contribution is 2.32. The molecule has 2 heterocycles. The summed E-state index contributed by atoms with van der Waals surface area (Å²) in [6.45, 7) is 1.97. The van der Waals surface area contributed by atoms with Gasteiger partial charge in [-0.2, -0.15) is 9.36 Å². The molecule has 0 saturated heterocycles. The normalized spacial score (nSPS) is 11.3. The summed E-state index contributed by atoms with van der Waals surface area (Å²) in [6, 6.07) is 14.1. The fraction of sp³-hybridized carbons (Fsp3) is 0.176. The van der Waals surface area contributed by atoms with Crippen LogP contribution < -0.4 is 5.69 Å². The molecule has 0 aliphatic heterocycles. The van der Waals surface area contributed by atoms with Crippen molar-refractivity contribution in [1.82, 2.24) is 24.8 Å². The number of para-hydroxylation sites is 2. The van der Waals surface area contributed by atoms with Gasteiger partial charge in [0.05, 0.1) is 15.9 Å². The second kappa shape index (κ2) is 6.45. The molecule has 4 rings (SSSR count). The van der Waals surface area contributed by atoms with Crippen LogP contribution in [-0.2, 0) is 12.8 Å². The van der Waals surface area contributed by atoms with E-state index in [0.717, 1.165) is 26.7 Å². The largest absolute Gasteiger partial charge is 0.368 e. The van der Waals surface area contributed by atoms with Gasteiger partial charge in [0.25, 0.3) is 0 Å². The van der Waals surface area contributed by atoms with E-state index in [1.807, 2.05) is 43.3 Å². The minimum Gasteiger partial charge on any atom is -0.244 e. The Morgan fingerprint density at radius 3 is 2.72 bits per heavy atom. The van der Waals surface area contributed by atoms with E-state index < -0.39 is 0 Å². The molecule has 25 heavy (non-hydrogen) atoms. The maximum absolute atomic E-state index is 12.2. The summed E-state index contributed by atoms with van der Waals surface area (Å²) in [4.78, 5) is 16.9. The van der Waals surface area contributed by atoms with Crippen molar-refractivity contribution in [3.8, 4) is 5.69 Å². The summed E-state index contributed by atoms with van der Waals surface area (Å²) >= 11 is 3.35. The first-order valence-electron chi connectivity index (χ1n) is 7.70. The number of tetrazole rings is 1. The van der Waals surface area contributed by atoms with E-state index in [2.05, 4.69) is 21.5 Å². The third-order valence-electron chi connectivity index (χ3n) is 3.88. The van der Waals surface area contributed by atoms with Crippen molar-refractivity contribution >= 4 is 33.3 Å². The molecule has 0 aliphatic carbocycles. The maximum atomic E-state index is 12.2. The predicted molar refractivity (Wildman–Crippen MR) is 101 cm³/mol. The second-order valence-corrected chi connectivity index (χ2v) is 7.87. The van der Waals surface area contributed by atoms with Crippen molar-refractivity contribution in [2.24, 2.45) is 7.05 Å². The molecule has 0 aliphatic rings. The zero-order valence-electron chi connectivity index (χ0n) is 13.7. The van der Waals surface area contributed by atoms with Crippen LogP contribution in [0.2, 0.25) is 0 Å². The van der Waals surface area contributed by atoms with Gasteiger partial charge in [-0.25, -0.2) is 9.78 Å². The molecular formula is C17H15N5OS2. The van der Waals surface area contributed by atoms with Crippen LogP contribution >= 0.6 is 23.1 Å². The molecule has 0 unspecified atom stereocenters. The Morgan fingerprint density at radius 1 is 1.12 bits per heavy atom. The summed E-state index contributed by atoms with van der Waals surface area (Å²) in [5.41, 5.74) is 3.59. The SMILES string of the molecule is Cc1cccc(CSc2nc3ccccc3s2)c1-n1nnn(C)c1=O. The quantitative estimate of drug-likeness (QED) is 0.517. The first-order valence-corrected chi connectivity index (χ1v) is 9.50. The molecule has 0 atom stereocenters. The number of thioether (sulfide) groups is 1. The van der Waals surface area contributed by atoms with Gasteiger partial charge >= 0.3 is 5.69 Å². The first kappa shape index (κ1) is 16.0. The van der Waals surface area contributed by atoms with Crippen LogP contribution in [0.15, 0.2) is 51.6 Å². The number of hydrogen-bond acceptors (Lipinski definition) is 6. The van der Waals surface area contributed by atoms with Gasteiger partial charge in [0, 0.05) is 12.8 Å². The van der Waals surface area contributed by atoms with Crippen molar-refractivity contribution < 1.29 is 0 Å². The number of thiazole rings is 1. The van der Waals surface area contributed by atoms with E-state index in [1.54, 1.807) is 30.1 Å². The van der Waals surface area contributed by atoms with E-state index in [9.17, 15) is 4.79 Å². The molecule has 8 heteroatoms. The number of hydrogen-bond donors (Lipinski definition) is 0. The Kier molecular flexibility index (Phi) is 4.14. The minimum absolute atomic E-state index is 0.250. The number of benzene rings is 2. The topological polar surface area (TPSA) is 65.6 Å². The average molecular weight is 369 g/mol. The lowest BCUT2D eigenvalue weighted by Gasteiger charge is -2.10. The summed E-state index contributed by atoms with van der Waals surface area (Å²) in [5, 5.41) is 7.81. The molecule has 6 nitrogen and oxygen atoms in total. The van der Waals surface area contributed by atoms with Crippen molar-refractivity contribution in [2.45, 2.75) is 17.0 Å². The van der Waals surface area contributed by atoms with Crippen molar-refractivity contribution in [2.75, 3.05) is 0 Å². The van der Waals surface area contributed by atoms with Crippen molar-refractivity contribution in [3.05, 3.63) is 64.1 Å². The molecule has 0 bridgehead atoms. The Morgan fingerprint density at radius 2 is 1.96 bits per heavy atom. The van der Waals surface area contributed by atoms with E-state index in [4.69, 9.17) is 0 Å². The molecule has 4 aromatic rings. The smallest absolute Gasteiger partial charge is 0.244 e. The molecule has 2 aromatic heterocycles. The molecule has 2 aromatic carbocycles. The number of aryl methyl sites for hydroxylation is 2. The Hall–Kier alpha value is -2.45. The van der Waals surface area contributed by atoms with Gasteiger partial charge in [-0.3, -0.25) is 0 Å². The van der Waals surface area contributed by atoms with E-state index in [1.165, 1.54) is 14.1 Å². The summed E-state index contributed by atoms with van der Waals surface area (Å²) in [7, 11) is 1.60. The molecule has 0 saturated carbocycles. The lowest BCUT2D eigenvalue weighted by Crippen LogP contribution is -2.23. The molecule has 0 amide bonds. The summed E-state index contributed by atoms with van der Waals surface area (Å²) in [6.07, 6.45) is 0. The highest BCUT2D eigenvalue weighted by Gasteiger charge is 2.14. The van der Waals surface area contributed by atoms with Crippen LogP contribution in [0.25, 0.3) is 15.9 Å². The highest BCUT2D eigenvalue weighted by molar-refractivity contribution is 8.00. The molecule has 0 fully saturated rings. The molecular weight excluding hydrogens is 354 g/mol. The number of fused-ring (bicyclic) bond motifs is 1. The lowest BCUT2D eigenvalue weighted by atomic mass is 10.1. The molecule has 0 radical (unpaired) electrons. The highest BCUT2D eigenvalue weighted by atomic mass is 32.2. The monoisotopic (exact) mass is 369 g/mol. The van der Waals surface area contributed by atoms with Gasteiger partial charge in [0.15, 0.2) is 4.34 Å². The van der Waals surface area contributed by atoms with E-state index in [-0.39, 0.29) is 5.69 Å². The standard InChI is InChI=1S/C17H15N5OS2/c1-11-6-5-7-12(15(11)22-17(23)21(2)19-20-22)10-24-16-18-13-8-3-4-9-14(13)25-16/h3-9H,10H2,1-2H3. The average Bonchev–Trinajstić information content (AvgIpc) is 3.17. The van der Waals surface area contributed by atoms with Crippen LogP contribution in [0.1, 0.15) is 11.1 Å². The zero-order valence-corrected chi connectivity index (χ0v) is 15.3. The summed E-state index contributed by atoms with van der Waals surface area (Å²) < 4.78 is 4.79. The van der Waals surface area contributed by atoms with Gasteiger partial charge < -0.3 is 0 Å². The van der Waals surface area contributed by atoms with Crippen LogP contribution in [0.4, 0.5) is 0 Å². The third-order valence-corrected chi connectivity index (χ3v) is 6.11. The van der Waals surface area contributed by atoms with Gasteiger partial charge in [-0.05, 0) is 40.6 Å². The fourth-order valence-corrected chi connectivity index (χ4v) is 4.70. The summed E-state index contributed by atoms with van der Waals surface area (Å²) in [5.74, 6) is 0.708. The van der Waals surface area contributed by atoms with Gasteiger partial charge in [-0.1, -0.05) is 42.1 Å². The van der Waals surface area contributed by atoms with E-state index >= 15 is 0 Å². The van der Waals surface area contributed by atoms with Crippen LogP contribution in [-0.4, -0.2) is 24.8 Å². The lowest BCUT2D eigenvalue weighted by molar-refractivity contribution is 0.692. The predicted octanol–water partition coefficient (Wildman–Crippen LogP) is 3.18. The van der Waals surface area contributed by atoms with E-state index in [0.29, 0.717) is 5.75 Å². The van der Waals surface area contributed by atoms with Crippen LogP contribution in [0.5, 0.6) is 0 Å². The maximum Gasteiger partial charge on any atom is 0.368 e. The molecule has 126 valence electrons. The van der Waals surface area contributed by atoms with Crippen molar-refractivity contribution in [3.63, 3.8) is 0 Å². The first-order chi connectivity index (χ1) is 12.1. The Labute approximate surface area is 152 Å². The van der Waals surface area contributed by atoms with Gasteiger partial charge in [0.1, 0.15) is 0 Å². The van der Waals surface area contributed by atoms with Gasteiger partial charge in [-0.15, -0.1) is 11.3 Å². The number of nitrogens with zero attached hydrogens (tertiary/aromatic N) is 5. The zero-order chi connectivity index (χ0) is 17.4. The van der Waals surface area contributed by atoms with Crippen LogP contribution in [0, 0.1) is 6.92 Å². The number of aromatic nitrogens is 5. The third kappa shape index (κ3) is 2.98. The molecule has 0 spiro atoms. The fourth-order valence-electron chi connectivity index (χ4n) is 2.65. The Bertz CT molecular complexity index is 1080. The second-order valence-electron chi connectivity index (χ2n) is 5.62. The minimum atomic E-state index is -0.250. The molecule has 0 N–H and O–H groups in total. The Balaban J connectivity index is 1.68. The van der Waals surface area contributed by atoms with Gasteiger partial charge in [0.2, 0.25) is 0 Å². The number of rotatable bonds is 4.